The standard InChI is InChI=1S/C20H25N3O5/c1-12(2)28-19(25)16(21)10-13-4-6-14(7-5-13)23-18(24)15-8-9-27-11-17(15)22(3)20(23)26/h4-7,12,16H,8-11,21H2,1-3H3. The highest BCUT2D eigenvalue weighted by Gasteiger charge is 2.21. The number of carbonyl (C=O) groups excluding carboxylic acids is 1. The molecule has 0 bridgehead atoms. The second-order valence-corrected chi connectivity index (χ2v) is 7.17. The van der Waals surface area contributed by atoms with Gasteiger partial charge in [-0.1, -0.05) is 12.1 Å². The normalized spacial score (nSPS) is 14.6. The summed E-state index contributed by atoms with van der Waals surface area (Å²) in [6.45, 7) is 4.26. The molecule has 1 aliphatic heterocycles. The van der Waals surface area contributed by atoms with Crippen LogP contribution in [0.4, 0.5) is 0 Å². The number of hydrogen-bond donors (Lipinski definition) is 1. The zero-order chi connectivity index (χ0) is 20.4. The average molecular weight is 387 g/mol. The van der Waals surface area contributed by atoms with Gasteiger partial charge < -0.3 is 15.2 Å². The number of aromatic nitrogens is 2. The fourth-order valence-electron chi connectivity index (χ4n) is 3.26. The topological polar surface area (TPSA) is 106 Å². The first-order valence-electron chi connectivity index (χ1n) is 9.26. The monoisotopic (exact) mass is 387 g/mol. The van der Waals surface area contributed by atoms with Crippen LogP contribution < -0.4 is 17.0 Å². The molecule has 1 aliphatic rings. The Kier molecular flexibility index (Phi) is 5.81. The minimum atomic E-state index is -0.771. The lowest BCUT2D eigenvalue weighted by Crippen LogP contribution is -2.43. The van der Waals surface area contributed by atoms with Crippen LogP contribution in [0.3, 0.4) is 0 Å². The van der Waals surface area contributed by atoms with Crippen LogP contribution in [0, 0.1) is 0 Å². The molecule has 3 rings (SSSR count). The van der Waals surface area contributed by atoms with E-state index in [1.165, 1.54) is 9.13 Å². The Morgan fingerprint density at radius 3 is 2.57 bits per heavy atom. The van der Waals surface area contributed by atoms with E-state index >= 15 is 0 Å². The molecule has 0 amide bonds. The van der Waals surface area contributed by atoms with Gasteiger partial charge in [0.1, 0.15) is 6.04 Å². The Morgan fingerprint density at radius 2 is 1.93 bits per heavy atom. The Morgan fingerprint density at radius 1 is 1.25 bits per heavy atom. The Labute approximate surface area is 162 Å². The van der Waals surface area contributed by atoms with Crippen molar-refractivity contribution < 1.29 is 14.3 Å². The van der Waals surface area contributed by atoms with Crippen LogP contribution >= 0.6 is 0 Å². The summed E-state index contributed by atoms with van der Waals surface area (Å²) >= 11 is 0. The molecule has 2 heterocycles. The predicted molar refractivity (Wildman–Crippen MR) is 104 cm³/mol. The maximum atomic E-state index is 12.9. The molecular weight excluding hydrogens is 362 g/mol. The van der Waals surface area contributed by atoms with Gasteiger partial charge in [0.25, 0.3) is 5.56 Å². The molecule has 0 spiro atoms. The first-order chi connectivity index (χ1) is 13.3. The van der Waals surface area contributed by atoms with Crippen LogP contribution in [0.25, 0.3) is 5.69 Å². The molecule has 0 radical (unpaired) electrons. The van der Waals surface area contributed by atoms with Crippen LogP contribution in [0.1, 0.15) is 30.7 Å². The van der Waals surface area contributed by atoms with Gasteiger partial charge >= 0.3 is 11.7 Å². The van der Waals surface area contributed by atoms with Crippen molar-refractivity contribution in [3.8, 4) is 5.69 Å². The average Bonchev–Trinajstić information content (AvgIpc) is 2.67. The number of nitrogens with zero attached hydrogens (tertiary/aromatic N) is 2. The SMILES string of the molecule is CC(C)OC(=O)C(N)Cc1ccc(-n2c(=O)c3c(n(C)c2=O)COCC3)cc1. The molecule has 2 N–H and O–H groups in total. The summed E-state index contributed by atoms with van der Waals surface area (Å²) in [5, 5.41) is 0. The van der Waals surface area contributed by atoms with E-state index in [9.17, 15) is 14.4 Å². The lowest BCUT2D eigenvalue weighted by molar-refractivity contribution is -0.148. The second-order valence-electron chi connectivity index (χ2n) is 7.17. The fourth-order valence-corrected chi connectivity index (χ4v) is 3.26. The predicted octanol–water partition coefficient (Wildman–Crippen LogP) is 0.430. The van der Waals surface area contributed by atoms with Crippen molar-refractivity contribution in [3.63, 3.8) is 0 Å². The number of ether oxygens (including phenoxy) is 2. The zero-order valence-electron chi connectivity index (χ0n) is 16.3. The van der Waals surface area contributed by atoms with Gasteiger partial charge in [0.2, 0.25) is 0 Å². The van der Waals surface area contributed by atoms with Crippen molar-refractivity contribution in [2.75, 3.05) is 6.61 Å². The van der Waals surface area contributed by atoms with Gasteiger partial charge in [0, 0.05) is 19.0 Å². The Hall–Kier alpha value is -2.71. The van der Waals surface area contributed by atoms with Crippen LogP contribution in [-0.4, -0.2) is 33.9 Å². The molecule has 8 nitrogen and oxygen atoms in total. The van der Waals surface area contributed by atoms with E-state index in [-0.39, 0.29) is 18.3 Å². The maximum absolute atomic E-state index is 12.9. The molecule has 2 aromatic rings. The molecule has 150 valence electrons. The summed E-state index contributed by atoms with van der Waals surface area (Å²) in [7, 11) is 1.64. The lowest BCUT2D eigenvalue weighted by Gasteiger charge is -2.20. The van der Waals surface area contributed by atoms with Crippen molar-refractivity contribution in [1.82, 2.24) is 9.13 Å². The van der Waals surface area contributed by atoms with Crippen LogP contribution in [0.15, 0.2) is 33.9 Å². The molecule has 1 atom stereocenters. The summed E-state index contributed by atoms with van der Waals surface area (Å²) in [6, 6.07) is 6.11. The van der Waals surface area contributed by atoms with Crippen molar-refractivity contribution in [2.24, 2.45) is 12.8 Å². The highest BCUT2D eigenvalue weighted by Crippen LogP contribution is 2.13. The molecule has 0 saturated heterocycles. The maximum Gasteiger partial charge on any atom is 0.335 e. The van der Waals surface area contributed by atoms with Crippen molar-refractivity contribution in [3.05, 3.63) is 61.9 Å². The van der Waals surface area contributed by atoms with Crippen molar-refractivity contribution in [2.45, 2.75) is 45.4 Å². The zero-order valence-corrected chi connectivity index (χ0v) is 16.3. The number of carbonyl (C=O) groups is 1. The summed E-state index contributed by atoms with van der Waals surface area (Å²) in [4.78, 5) is 37.4. The lowest BCUT2D eigenvalue weighted by atomic mass is 10.1. The van der Waals surface area contributed by atoms with E-state index < -0.39 is 17.7 Å². The number of fused-ring (bicyclic) bond motifs is 1. The summed E-state index contributed by atoms with van der Waals surface area (Å²) in [5.41, 5.74) is 7.69. The quantitative estimate of drug-likeness (QED) is 0.746. The first kappa shape index (κ1) is 20.0. The van der Waals surface area contributed by atoms with Crippen LogP contribution in [0.5, 0.6) is 0 Å². The Balaban J connectivity index is 1.88. The van der Waals surface area contributed by atoms with Crippen LogP contribution in [0.2, 0.25) is 0 Å². The van der Waals surface area contributed by atoms with E-state index in [0.717, 1.165) is 5.56 Å². The summed E-state index contributed by atoms with van der Waals surface area (Å²) in [5.74, 6) is -0.457. The molecule has 28 heavy (non-hydrogen) atoms. The van der Waals surface area contributed by atoms with Gasteiger partial charge in [-0.3, -0.25) is 14.2 Å². The number of hydrogen-bond acceptors (Lipinski definition) is 6. The molecule has 1 aromatic heterocycles. The second kappa shape index (κ2) is 8.12. The van der Waals surface area contributed by atoms with Crippen LogP contribution in [-0.2, 0) is 40.8 Å². The molecule has 1 aromatic carbocycles. The van der Waals surface area contributed by atoms with E-state index in [4.69, 9.17) is 15.2 Å². The minimum Gasteiger partial charge on any atom is -0.462 e. The van der Waals surface area contributed by atoms with Gasteiger partial charge in [-0.2, -0.15) is 0 Å². The molecule has 1 unspecified atom stereocenters. The fraction of sp³-hybridized carbons (Fsp3) is 0.450. The third-order valence-corrected chi connectivity index (χ3v) is 4.73. The molecule has 0 aliphatic carbocycles. The van der Waals surface area contributed by atoms with Crippen molar-refractivity contribution in [1.29, 1.82) is 0 Å². The minimum absolute atomic E-state index is 0.224. The molecule has 8 heteroatoms. The van der Waals surface area contributed by atoms with E-state index in [2.05, 4.69) is 0 Å². The number of benzene rings is 1. The third kappa shape index (κ3) is 3.93. The van der Waals surface area contributed by atoms with Gasteiger partial charge in [-0.05, 0) is 38.0 Å². The van der Waals surface area contributed by atoms with E-state index in [0.29, 0.717) is 36.4 Å². The van der Waals surface area contributed by atoms with E-state index in [1.807, 2.05) is 0 Å². The molecule has 0 fully saturated rings. The highest BCUT2D eigenvalue weighted by atomic mass is 16.5. The van der Waals surface area contributed by atoms with Gasteiger partial charge in [0.05, 0.1) is 30.7 Å². The summed E-state index contributed by atoms with van der Waals surface area (Å²) < 4.78 is 13.1. The van der Waals surface area contributed by atoms with Gasteiger partial charge in [-0.15, -0.1) is 0 Å². The Bertz CT molecular complexity index is 989. The largest absolute Gasteiger partial charge is 0.462 e. The smallest absolute Gasteiger partial charge is 0.335 e. The number of esters is 1. The number of rotatable bonds is 5. The van der Waals surface area contributed by atoms with E-state index in [1.54, 1.807) is 45.2 Å². The number of nitrogens with two attached hydrogens (primary N) is 1. The first-order valence-corrected chi connectivity index (χ1v) is 9.26. The highest BCUT2D eigenvalue weighted by molar-refractivity contribution is 5.76. The van der Waals surface area contributed by atoms with Gasteiger partial charge in [0.15, 0.2) is 0 Å². The molecule has 0 saturated carbocycles. The van der Waals surface area contributed by atoms with Gasteiger partial charge in [-0.25, -0.2) is 9.36 Å². The third-order valence-electron chi connectivity index (χ3n) is 4.73. The van der Waals surface area contributed by atoms with Crippen molar-refractivity contribution >= 4 is 5.97 Å². The molecular formula is C20H25N3O5. The summed E-state index contributed by atoms with van der Waals surface area (Å²) in [6.07, 6.45) is 0.561.